The third-order valence-corrected chi connectivity index (χ3v) is 3.09. The van der Waals surface area contributed by atoms with Crippen LogP contribution in [0.15, 0.2) is 36.7 Å². The van der Waals surface area contributed by atoms with Gasteiger partial charge in [0.2, 0.25) is 0 Å². The zero-order valence-corrected chi connectivity index (χ0v) is 11.7. The Morgan fingerprint density at radius 2 is 2.05 bits per heavy atom. The van der Waals surface area contributed by atoms with Crippen molar-refractivity contribution in [3.8, 4) is 22.8 Å². The standard InChI is InChI=1S/C15H13N3O4/c1-21-12-3-2-9(6-13(12)22-8-14(19)20)10-7-11-15(18-10)17-5-4-16-11/h2-7H,8H2,1H3,(H,17,18)(H,19,20). The number of carboxylic acid groups (broad SMARTS) is 1. The number of rotatable bonds is 5. The lowest BCUT2D eigenvalue weighted by Gasteiger charge is -2.10. The van der Waals surface area contributed by atoms with Crippen LogP contribution in [-0.2, 0) is 4.79 Å². The Hall–Kier alpha value is -3.09. The molecule has 3 aromatic rings. The molecule has 7 nitrogen and oxygen atoms in total. The number of aromatic amines is 1. The Balaban J connectivity index is 1.99. The van der Waals surface area contributed by atoms with Crippen LogP contribution in [0.5, 0.6) is 11.5 Å². The summed E-state index contributed by atoms with van der Waals surface area (Å²) >= 11 is 0. The number of aromatic nitrogens is 3. The van der Waals surface area contributed by atoms with E-state index in [1.54, 1.807) is 24.5 Å². The predicted octanol–water partition coefficient (Wildman–Crippen LogP) is 2.10. The molecule has 0 unspecified atom stereocenters. The van der Waals surface area contributed by atoms with Crippen LogP contribution in [0.4, 0.5) is 0 Å². The first-order valence-corrected chi connectivity index (χ1v) is 6.50. The van der Waals surface area contributed by atoms with E-state index in [9.17, 15) is 4.79 Å². The molecular formula is C15H13N3O4. The van der Waals surface area contributed by atoms with Crippen molar-refractivity contribution in [3.05, 3.63) is 36.7 Å². The molecule has 0 aliphatic carbocycles. The van der Waals surface area contributed by atoms with Gasteiger partial charge in [-0.1, -0.05) is 0 Å². The molecule has 0 bridgehead atoms. The summed E-state index contributed by atoms with van der Waals surface area (Å²) < 4.78 is 10.4. The van der Waals surface area contributed by atoms with Gasteiger partial charge in [0.05, 0.1) is 7.11 Å². The Labute approximate surface area is 125 Å². The lowest BCUT2D eigenvalue weighted by atomic mass is 10.1. The smallest absolute Gasteiger partial charge is 0.341 e. The van der Waals surface area contributed by atoms with Crippen LogP contribution in [0, 0.1) is 0 Å². The van der Waals surface area contributed by atoms with Crippen molar-refractivity contribution in [2.75, 3.05) is 13.7 Å². The molecule has 0 atom stereocenters. The molecule has 0 saturated carbocycles. The molecule has 0 amide bonds. The minimum atomic E-state index is -1.05. The Kier molecular flexibility index (Phi) is 3.61. The molecule has 0 aliphatic heterocycles. The van der Waals surface area contributed by atoms with E-state index >= 15 is 0 Å². The van der Waals surface area contributed by atoms with Gasteiger partial charge in [-0.25, -0.2) is 9.78 Å². The normalized spacial score (nSPS) is 10.6. The molecule has 112 valence electrons. The maximum atomic E-state index is 10.7. The number of hydrogen-bond acceptors (Lipinski definition) is 5. The van der Waals surface area contributed by atoms with Crippen molar-refractivity contribution in [2.45, 2.75) is 0 Å². The van der Waals surface area contributed by atoms with Crippen molar-refractivity contribution < 1.29 is 19.4 Å². The van der Waals surface area contributed by atoms with Gasteiger partial charge in [0.15, 0.2) is 23.8 Å². The topological polar surface area (TPSA) is 97.3 Å². The lowest BCUT2D eigenvalue weighted by molar-refractivity contribution is -0.139. The van der Waals surface area contributed by atoms with Crippen LogP contribution >= 0.6 is 0 Å². The molecule has 1 aromatic carbocycles. The monoisotopic (exact) mass is 299 g/mol. The molecule has 2 N–H and O–H groups in total. The highest BCUT2D eigenvalue weighted by molar-refractivity contribution is 5.80. The zero-order valence-electron chi connectivity index (χ0n) is 11.7. The average molecular weight is 299 g/mol. The van der Waals surface area contributed by atoms with E-state index in [1.165, 1.54) is 7.11 Å². The average Bonchev–Trinajstić information content (AvgIpc) is 2.96. The SMILES string of the molecule is COc1ccc(-c2cc3nccnc3[nH]2)cc1OCC(=O)O. The minimum Gasteiger partial charge on any atom is -0.493 e. The quantitative estimate of drug-likeness (QED) is 0.748. The van der Waals surface area contributed by atoms with E-state index in [0.717, 1.165) is 16.8 Å². The van der Waals surface area contributed by atoms with Gasteiger partial charge in [-0.2, -0.15) is 0 Å². The number of hydrogen-bond donors (Lipinski definition) is 2. The van der Waals surface area contributed by atoms with Gasteiger partial charge in [-0.05, 0) is 24.3 Å². The first-order chi connectivity index (χ1) is 10.7. The Morgan fingerprint density at radius 1 is 1.23 bits per heavy atom. The van der Waals surface area contributed by atoms with Crippen LogP contribution in [0.3, 0.4) is 0 Å². The molecule has 2 aromatic heterocycles. The Bertz CT molecular complexity index is 796. The molecule has 0 spiro atoms. The number of aliphatic carboxylic acids is 1. The first-order valence-electron chi connectivity index (χ1n) is 6.50. The van der Waals surface area contributed by atoms with Gasteiger partial charge in [-0.3, -0.25) is 4.98 Å². The molecule has 0 saturated heterocycles. The maximum absolute atomic E-state index is 10.7. The molecule has 0 radical (unpaired) electrons. The van der Waals surface area contributed by atoms with E-state index in [1.807, 2.05) is 12.1 Å². The summed E-state index contributed by atoms with van der Waals surface area (Å²) in [5.74, 6) is -0.217. The number of methoxy groups -OCH3 is 1. The number of H-pyrrole nitrogens is 1. The number of carbonyl (C=O) groups is 1. The highest BCUT2D eigenvalue weighted by atomic mass is 16.5. The van der Waals surface area contributed by atoms with E-state index in [-0.39, 0.29) is 0 Å². The highest BCUT2D eigenvalue weighted by Gasteiger charge is 2.11. The highest BCUT2D eigenvalue weighted by Crippen LogP contribution is 2.32. The van der Waals surface area contributed by atoms with Crippen LogP contribution in [0.1, 0.15) is 0 Å². The fraction of sp³-hybridized carbons (Fsp3) is 0.133. The third-order valence-electron chi connectivity index (χ3n) is 3.09. The second-order valence-corrected chi connectivity index (χ2v) is 4.52. The van der Waals surface area contributed by atoms with Gasteiger partial charge in [0, 0.05) is 23.7 Å². The summed E-state index contributed by atoms with van der Waals surface area (Å²) in [6.45, 7) is -0.435. The second-order valence-electron chi connectivity index (χ2n) is 4.52. The molecule has 0 fully saturated rings. The van der Waals surface area contributed by atoms with Gasteiger partial charge < -0.3 is 19.6 Å². The third kappa shape index (κ3) is 2.69. The first kappa shape index (κ1) is 13.9. The predicted molar refractivity (Wildman–Crippen MR) is 79.0 cm³/mol. The van der Waals surface area contributed by atoms with Crippen molar-refractivity contribution in [1.82, 2.24) is 15.0 Å². The van der Waals surface area contributed by atoms with Gasteiger partial charge >= 0.3 is 5.97 Å². The number of nitrogens with zero attached hydrogens (tertiary/aromatic N) is 2. The van der Waals surface area contributed by atoms with E-state index in [4.69, 9.17) is 14.6 Å². The van der Waals surface area contributed by atoms with E-state index in [0.29, 0.717) is 17.1 Å². The summed E-state index contributed by atoms with van der Waals surface area (Å²) in [5.41, 5.74) is 3.06. The summed E-state index contributed by atoms with van der Waals surface area (Å²) in [6, 6.07) is 7.15. The van der Waals surface area contributed by atoms with E-state index in [2.05, 4.69) is 15.0 Å². The number of fused-ring (bicyclic) bond motifs is 1. The van der Waals surface area contributed by atoms with Crippen molar-refractivity contribution in [2.24, 2.45) is 0 Å². The summed E-state index contributed by atoms with van der Waals surface area (Å²) in [4.78, 5) is 22.2. The fourth-order valence-electron chi connectivity index (χ4n) is 2.10. The van der Waals surface area contributed by atoms with Gasteiger partial charge in [-0.15, -0.1) is 0 Å². The molecular weight excluding hydrogens is 286 g/mol. The van der Waals surface area contributed by atoms with Gasteiger partial charge in [0.1, 0.15) is 5.52 Å². The zero-order chi connectivity index (χ0) is 15.5. The lowest BCUT2D eigenvalue weighted by Crippen LogP contribution is -2.10. The van der Waals surface area contributed by atoms with Crippen molar-refractivity contribution in [3.63, 3.8) is 0 Å². The number of benzene rings is 1. The van der Waals surface area contributed by atoms with Crippen LogP contribution in [0.25, 0.3) is 22.4 Å². The summed E-state index contributed by atoms with van der Waals surface area (Å²) in [5, 5.41) is 8.73. The molecule has 22 heavy (non-hydrogen) atoms. The van der Waals surface area contributed by atoms with Crippen LogP contribution in [-0.4, -0.2) is 39.7 Å². The molecule has 3 rings (SSSR count). The molecule has 0 aliphatic rings. The maximum Gasteiger partial charge on any atom is 0.341 e. The molecule has 7 heteroatoms. The van der Waals surface area contributed by atoms with Gasteiger partial charge in [0.25, 0.3) is 0 Å². The van der Waals surface area contributed by atoms with Crippen LogP contribution < -0.4 is 9.47 Å². The number of ether oxygens (including phenoxy) is 2. The van der Waals surface area contributed by atoms with Crippen molar-refractivity contribution in [1.29, 1.82) is 0 Å². The molecule has 2 heterocycles. The summed E-state index contributed by atoms with van der Waals surface area (Å²) in [6.07, 6.45) is 3.23. The van der Waals surface area contributed by atoms with Crippen LogP contribution in [0.2, 0.25) is 0 Å². The fourth-order valence-corrected chi connectivity index (χ4v) is 2.10. The summed E-state index contributed by atoms with van der Waals surface area (Å²) in [7, 11) is 1.50. The largest absolute Gasteiger partial charge is 0.493 e. The second kappa shape index (κ2) is 5.72. The number of carboxylic acids is 1. The number of nitrogens with one attached hydrogen (secondary N) is 1. The minimum absolute atomic E-state index is 0.363. The van der Waals surface area contributed by atoms with E-state index < -0.39 is 12.6 Å². The Morgan fingerprint density at radius 3 is 2.77 bits per heavy atom. The van der Waals surface area contributed by atoms with Crippen molar-refractivity contribution >= 4 is 17.1 Å².